The Morgan fingerprint density at radius 3 is 2.91 bits per heavy atom. The molecule has 0 fully saturated rings. The molecule has 4 nitrogen and oxygen atoms in total. The van der Waals surface area contributed by atoms with Crippen LogP contribution in [0.5, 0.6) is 0 Å². The van der Waals surface area contributed by atoms with Crippen LogP contribution in [0.4, 0.5) is 4.79 Å². The summed E-state index contributed by atoms with van der Waals surface area (Å²) in [7, 11) is 0. The Bertz CT molecular complexity index is 708. The molecular weight excluding hydrogens is 306 g/mol. The van der Waals surface area contributed by atoms with E-state index < -0.39 is 0 Å². The van der Waals surface area contributed by atoms with E-state index in [1.165, 1.54) is 11.1 Å². The van der Waals surface area contributed by atoms with Gasteiger partial charge in [0.1, 0.15) is 0 Å². The summed E-state index contributed by atoms with van der Waals surface area (Å²) in [4.78, 5) is 17.5. The molecule has 3 rings (SSSR count). The monoisotopic (exact) mass is 329 g/mol. The number of urea groups is 1. The first kappa shape index (κ1) is 16.0. The van der Waals surface area contributed by atoms with Gasteiger partial charge in [0, 0.05) is 11.1 Å². The molecule has 0 aliphatic heterocycles. The molecule has 23 heavy (non-hydrogen) atoms. The fourth-order valence-electron chi connectivity index (χ4n) is 3.23. The number of nitrogens with zero attached hydrogens (tertiary/aromatic N) is 1. The van der Waals surface area contributed by atoms with Crippen molar-refractivity contribution in [3.63, 3.8) is 0 Å². The van der Waals surface area contributed by atoms with Gasteiger partial charge in [0.2, 0.25) is 0 Å². The molecule has 122 valence electrons. The summed E-state index contributed by atoms with van der Waals surface area (Å²) in [6, 6.07) is 8.41. The van der Waals surface area contributed by atoms with E-state index in [0.29, 0.717) is 6.54 Å². The number of fused-ring (bicyclic) bond motifs is 1. The summed E-state index contributed by atoms with van der Waals surface area (Å²) in [5.74, 6) is 0. The lowest BCUT2D eigenvalue weighted by molar-refractivity contribution is 0.233. The number of aromatic nitrogens is 1. The summed E-state index contributed by atoms with van der Waals surface area (Å²) in [5.41, 5.74) is 2.76. The van der Waals surface area contributed by atoms with E-state index in [2.05, 4.69) is 47.7 Å². The lowest BCUT2D eigenvalue weighted by Crippen LogP contribution is -2.40. The Labute approximate surface area is 141 Å². The third kappa shape index (κ3) is 3.55. The zero-order chi connectivity index (χ0) is 16.4. The fourth-order valence-corrected chi connectivity index (χ4v) is 3.96. The van der Waals surface area contributed by atoms with E-state index in [4.69, 9.17) is 0 Å². The second-order valence-electron chi connectivity index (χ2n) is 6.74. The molecule has 1 aliphatic rings. The molecule has 1 aromatic heterocycles. The van der Waals surface area contributed by atoms with Crippen LogP contribution in [-0.2, 0) is 12.0 Å². The summed E-state index contributed by atoms with van der Waals surface area (Å²) in [6.45, 7) is 7.04. The molecular formula is C18H23N3OS. The van der Waals surface area contributed by atoms with E-state index in [9.17, 15) is 4.79 Å². The highest BCUT2D eigenvalue weighted by atomic mass is 32.1. The highest BCUT2D eigenvalue weighted by Gasteiger charge is 2.32. The maximum atomic E-state index is 12.2. The lowest BCUT2D eigenvalue weighted by Gasteiger charge is -2.37. The maximum Gasteiger partial charge on any atom is 0.315 e. The minimum Gasteiger partial charge on any atom is -0.333 e. The van der Waals surface area contributed by atoms with Crippen LogP contribution in [0.2, 0.25) is 0 Å². The van der Waals surface area contributed by atoms with Gasteiger partial charge >= 0.3 is 6.03 Å². The van der Waals surface area contributed by atoms with Gasteiger partial charge in [-0.05, 0) is 36.3 Å². The van der Waals surface area contributed by atoms with Crippen molar-refractivity contribution in [2.45, 2.75) is 51.6 Å². The van der Waals surface area contributed by atoms with Crippen LogP contribution in [0.3, 0.4) is 0 Å². The number of carbonyl (C=O) groups excluding carboxylic acids is 1. The topological polar surface area (TPSA) is 54.0 Å². The van der Waals surface area contributed by atoms with Crippen LogP contribution in [-0.4, -0.2) is 11.0 Å². The normalized spacial score (nSPS) is 19.0. The molecule has 0 spiro atoms. The van der Waals surface area contributed by atoms with Crippen molar-refractivity contribution in [1.82, 2.24) is 15.6 Å². The van der Waals surface area contributed by atoms with Crippen molar-refractivity contribution in [2.24, 2.45) is 0 Å². The number of aryl methyl sites for hydroxylation is 1. The minimum atomic E-state index is -0.115. The van der Waals surface area contributed by atoms with Gasteiger partial charge in [-0.3, -0.25) is 0 Å². The Balaban J connectivity index is 1.65. The Morgan fingerprint density at radius 2 is 2.17 bits per heavy atom. The number of thiazole rings is 1. The first-order valence-electron chi connectivity index (χ1n) is 8.01. The predicted molar refractivity (Wildman–Crippen MR) is 93.7 cm³/mol. The van der Waals surface area contributed by atoms with Crippen molar-refractivity contribution < 1.29 is 4.79 Å². The van der Waals surface area contributed by atoms with Gasteiger partial charge in [0.25, 0.3) is 0 Å². The predicted octanol–water partition coefficient (Wildman–Crippen LogP) is 4.06. The molecule has 1 aromatic carbocycles. The number of carbonyl (C=O) groups is 1. The van der Waals surface area contributed by atoms with Crippen LogP contribution in [0, 0.1) is 6.92 Å². The molecule has 0 bridgehead atoms. The highest BCUT2D eigenvalue weighted by molar-refractivity contribution is 7.11. The molecule has 0 saturated carbocycles. The minimum absolute atomic E-state index is 0.0856. The first-order chi connectivity index (χ1) is 11.0. The molecule has 0 radical (unpaired) electrons. The fraction of sp³-hybridized carbons (Fsp3) is 0.444. The van der Waals surface area contributed by atoms with E-state index in [1.807, 2.05) is 19.2 Å². The number of nitrogens with one attached hydrogen (secondary N) is 2. The number of hydrogen-bond donors (Lipinski definition) is 2. The smallest absolute Gasteiger partial charge is 0.315 e. The van der Waals surface area contributed by atoms with Gasteiger partial charge in [-0.25, -0.2) is 9.78 Å². The quantitative estimate of drug-likeness (QED) is 0.892. The molecule has 5 heteroatoms. The third-order valence-electron chi connectivity index (χ3n) is 4.52. The van der Waals surface area contributed by atoms with Crippen LogP contribution in [0.1, 0.15) is 53.7 Å². The Hall–Kier alpha value is -1.88. The van der Waals surface area contributed by atoms with Gasteiger partial charge < -0.3 is 10.6 Å². The number of hydrogen-bond acceptors (Lipinski definition) is 3. The van der Waals surface area contributed by atoms with Crippen LogP contribution in [0.15, 0.2) is 30.5 Å². The average molecular weight is 329 g/mol. The number of benzene rings is 1. The lowest BCUT2D eigenvalue weighted by atomic mass is 9.71. The first-order valence-corrected chi connectivity index (χ1v) is 8.82. The molecule has 1 heterocycles. The zero-order valence-corrected chi connectivity index (χ0v) is 14.7. The summed E-state index contributed by atoms with van der Waals surface area (Å²) >= 11 is 1.61. The van der Waals surface area contributed by atoms with E-state index in [-0.39, 0.29) is 17.5 Å². The molecule has 2 amide bonds. The number of rotatable bonds is 3. The van der Waals surface area contributed by atoms with Gasteiger partial charge in [-0.15, -0.1) is 11.3 Å². The van der Waals surface area contributed by atoms with Crippen LogP contribution >= 0.6 is 11.3 Å². The van der Waals surface area contributed by atoms with Gasteiger partial charge in [0.05, 0.1) is 17.6 Å². The molecule has 2 N–H and O–H groups in total. The highest BCUT2D eigenvalue weighted by Crippen LogP contribution is 2.41. The van der Waals surface area contributed by atoms with Crippen LogP contribution in [0.25, 0.3) is 0 Å². The van der Waals surface area contributed by atoms with Crippen molar-refractivity contribution >= 4 is 17.4 Å². The second-order valence-corrected chi connectivity index (χ2v) is 8.05. The standard InChI is InChI=1S/C18H23N3OS/c1-12-19-10-13(23-12)11-20-17(22)21-16-8-9-18(2,3)15-7-5-4-6-14(15)16/h4-7,10,16H,8-9,11H2,1-3H3,(H2,20,21,22). The summed E-state index contributed by atoms with van der Waals surface area (Å²) < 4.78 is 0. The summed E-state index contributed by atoms with van der Waals surface area (Å²) in [5, 5.41) is 7.07. The maximum absolute atomic E-state index is 12.2. The Morgan fingerprint density at radius 1 is 1.39 bits per heavy atom. The van der Waals surface area contributed by atoms with Gasteiger partial charge in [-0.2, -0.15) is 0 Å². The SMILES string of the molecule is Cc1ncc(CNC(=O)NC2CCC(C)(C)c3ccccc32)s1. The third-order valence-corrected chi connectivity index (χ3v) is 5.43. The average Bonchev–Trinajstić information content (AvgIpc) is 2.94. The molecule has 1 atom stereocenters. The van der Waals surface area contributed by atoms with Crippen molar-refractivity contribution in [3.8, 4) is 0 Å². The van der Waals surface area contributed by atoms with E-state index >= 15 is 0 Å². The molecule has 1 aliphatic carbocycles. The van der Waals surface area contributed by atoms with Gasteiger partial charge in [-0.1, -0.05) is 38.1 Å². The van der Waals surface area contributed by atoms with Crippen LogP contribution < -0.4 is 10.6 Å². The summed E-state index contributed by atoms with van der Waals surface area (Å²) in [6.07, 6.45) is 3.86. The largest absolute Gasteiger partial charge is 0.333 e. The van der Waals surface area contributed by atoms with Crippen molar-refractivity contribution in [1.29, 1.82) is 0 Å². The van der Waals surface area contributed by atoms with E-state index in [1.54, 1.807) is 11.3 Å². The van der Waals surface area contributed by atoms with Crippen molar-refractivity contribution in [2.75, 3.05) is 0 Å². The number of amides is 2. The van der Waals surface area contributed by atoms with E-state index in [0.717, 1.165) is 22.7 Å². The second kappa shape index (κ2) is 6.32. The zero-order valence-electron chi connectivity index (χ0n) is 13.8. The molecule has 2 aromatic rings. The van der Waals surface area contributed by atoms with Gasteiger partial charge in [0.15, 0.2) is 0 Å². The molecule has 0 saturated heterocycles. The Kier molecular flexibility index (Phi) is 4.39. The molecule has 1 unspecified atom stereocenters. The van der Waals surface area contributed by atoms with Crippen molar-refractivity contribution in [3.05, 3.63) is 51.5 Å².